The van der Waals surface area contributed by atoms with Gasteiger partial charge < -0.3 is 0 Å². The molecule has 0 bridgehead atoms. The SMILES string of the molecule is CC(=O)c1ccc(C(F)(F)Sc2ccccc2)cc1. The second kappa shape index (κ2) is 5.53. The highest BCUT2D eigenvalue weighted by Gasteiger charge is 2.32. The number of rotatable bonds is 4. The Morgan fingerprint density at radius 1 is 1.00 bits per heavy atom. The summed E-state index contributed by atoms with van der Waals surface area (Å²) in [7, 11) is 0. The molecule has 0 fully saturated rings. The molecule has 0 saturated heterocycles. The molecule has 0 radical (unpaired) electrons. The lowest BCUT2D eigenvalue weighted by Gasteiger charge is -2.16. The van der Waals surface area contributed by atoms with E-state index < -0.39 is 5.25 Å². The molecule has 0 saturated carbocycles. The Morgan fingerprint density at radius 3 is 2.11 bits per heavy atom. The predicted molar refractivity (Wildman–Crippen MR) is 72.6 cm³/mol. The first-order chi connectivity index (χ1) is 8.99. The molecule has 2 aromatic carbocycles. The molecule has 0 unspecified atom stereocenters. The third kappa shape index (κ3) is 3.41. The molecule has 2 rings (SSSR count). The number of alkyl halides is 2. The lowest BCUT2D eigenvalue weighted by Crippen LogP contribution is -2.08. The first-order valence-corrected chi connectivity index (χ1v) is 6.54. The molecular formula is C15H12F2OS. The van der Waals surface area contributed by atoms with Gasteiger partial charge in [0.1, 0.15) is 0 Å². The average molecular weight is 278 g/mol. The van der Waals surface area contributed by atoms with Crippen molar-refractivity contribution in [1.82, 2.24) is 0 Å². The average Bonchev–Trinajstić information content (AvgIpc) is 2.39. The maximum atomic E-state index is 14.1. The van der Waals surface area contributed by atoms with Gasteiger partial charge in [0.2, 0.25) is 0 Å². The lowest BCUT2D eigenvalue weighted by molar-refractivity contribution is 0.101. The molecule has 0 aliphatic heterocycles. The maximum Gasteiger partial charge on any atom is 0.323 e. The molecule has 0 N–H and O–H groups in total. The number of thioether (sulfide) groups is 1. The van der Waals surface area contributed by atoms with E-state index in [0.717, 1.165) is 0 Å². The van der Waals surface area contributed by atoms with Crippen molar-refractivity contribution in [3.05, 3.63) is 65.7 Å². The van der Waals surface area contributed by atoms with Crippen LogP contribution in [0, 0.1) is 0 Å². The highest BCUT2D eigenvalue weighted by atomic mass is 32.2. The summed E-state index contributed by atoms with van der Waals surface area (Å²) in [5, 5.41) is -3.02. The van der Waals surface area contributed by atoms with E-state index in [1.807, 2.05) is 0 Å². The van der Waals surface area contributed by atoms with E-state index in [-0.39, 0.29) is 11.3 Å². The minimum atomic E-state index is -3.02. The van der Waals surface area contributed by atoms with E-state index >= 15 is 0 Å². The smallest absolute Gasteiger partial charge is 0.295 e. The fourth-order valence-corrected chi connectivity index (χ4v) is 2.44. The number of carbonyl (C=O) groups is 1. The molecule has 4 heteroatoms. The van der Waals surface area contributed by atoms with Crippen molar-refractivity contribution >= 4 is 17.5 Å². The van der Waals surface area contributed by atoms with Gasteiger partial charge in [-0.3, -0.25) is 4.79 Å². The van der Waals surface area contributed by atoms with Crippen molar-refractivity contribution < 1.29 is 13.6 Å². The molecule has 0 aliphatic carbocycles. The van der Waals surface area contributed by atoms with E-state index in [9.17, 15) is 13.6 Å². The molecule has 0 aliphatic rings. The largest absolute Gasteiger partial charge is 0.323 e. The van der Waals surface area contributed by atoms with Crippen molar-refractivity contribution in [2.24, 2.45) is 0 Å². The molecule has 0 spiro atoms. The Morgan fingerprint density at radius 2 is 1.58 bits per heavy atom. The van der Waals surface area contributed by atoms with Crippen LogP contribution < -0.4 is 0 Å². The summed E-state index contributed by atoms with van der Waals surface area (Å²) < 4.78 is 28.1. The minimum Gasteiger partial charge on any atom is -0.295 e. The predicted octanol–water partition coefficient (Wildman–Crippen LogP) is 4.73. The van der Waals surface area contributed by atoms with Crippen molar-refractivity contribution in [3.8, 4) is 0 Å². The summed E-state index contributed by atoms with van der Waals surface area (Å²) in [6.07, 6.45) is 0. The summed E-state index contributed by atoms with van der Waals surface area (Å²) in [5.74, 6) is -0.134. The van der Waals surface area contributed by atoms with Gasteiger partial charge in [0.25, 0.3) is 0 Å². The third-order valence-electron chi connectivity index (χ3n) is 2.62. The zero-order valence-electron chi connectivity index (χ0n) is 10.3. The fraction of sp³-hybridized carbons (Fsp3) is 0.133. The Balaban J connectivity index is 2.21. The van der Waals surface area contributed by atoms with Gasteiger partial charge in [-0.25, -0.2) is 0 Å². The Kier molecular flexibility index (Phi) is 4.00. The summed E-state index contributed by atoms with van der Waals surface area (Å²) in [5.41, 5.74) is 0.329. The van der Waals surface area contributed by atoms with Crippen LogP contribution >= 0.6 is 11.8 Å². The van der Waals surface area contributed by atoms with Crippen LogP contribution in [0.25, 0.3) is 0 Å². The molecule has 2 aromatic rings. The van der Waals surface area contributed by atoms with Crippen LogP contribution in [-0.2, 0) is 5.25 Å². The monoisotopic (exact) mass is 278 g/mol. The van der Waals surface area contributed by atoms with Crippen LogP contribution in [0.4, 0.5) is 8.78 Å². The fourth-order valence-electron chi connectivity index (χ4n) is 1.59. The van der Waals surface area contributed by atoms with Crippen LogP contribution in [0.1, 0.15) is 22.8 Å². The molecule has 0 amide bonds. The maximum absolute atomic E-state index is 14.1. The van der Waals surface area contributed by atoms with Crippen LogP contribution in [-0.4, -0.2) is 5.78 Å². The molecule has 98 valence electrons. The molecule has 0 atom stereocenters. The van der Waals surface area contributed by atoms with Crippen LogP contribution in [0.5, 0.6) is 0 Å². The molecule has 1 nitrogen and oxygen atoms in total. The number of halogens is 2. The van der Waals surface area contributed by atoms with Crippen LogP contribution in [0.3, 0.4) is 0 Å². The van der Waals surface area contributed by atoms with Gasteiger partial charge in [-0.15, -0.1) is 0 Å². The number of ketones is 1. The van der Waals surface area contributed by atoms with Crippen molar-refractivity contribution in [3.63, 3.8) is 0 Å². The number of benzene rings is 2. The lowest BCUT2D eigenvalue weighted by atomic mass is 10.1. The summed E-state index contributed by atoms with van der Waals surface area (Å²) >= 11 is 0.495. The van der Waals surface area contributed by atoms with Crippen LogP contribution in [0.2, 0.25) is 0 Å². The summed E-state index contributed by atoms with van der Waals surface area (Å²) in [6.45, 7) is 1.41. The second-order valence-corrected chi connectivity index (χ2v) is 5.25. The zero-order valence-corrected chi connectivity index (χ0v) is 11.1. The number of carbonyl (C=O) groups excluding carboxylic acids is 1. The van der Waals surface area contributed by atoms with Gasteiger partial charge in [-0.1, -0.05) is 42.5 Å². The normalized spacial score (nSPS) is 11.3. The number of Topliss-reactive ketones (excluding diaryl/α,β-unsaturated/α-hetero) is 1. The first-order valence-electron chi connectivity index (χ1n) is 5.72. The van der Waals surface area contributed by atoms with Gasteiger partial charge in [0.05, 0.1) is 0 Å². The highest BCUT2D eigenvalue weighted by molar-refractivity contribution is 8.00. The summed E-state index contributed by atoms with van der Waals surface area (Å²) in [6, 6.07) is 14.0. The van der Waals surface area contributed by atoms with Crippen LogP contribution in [0.15, 0.2) is 59.5 Å². The van der Waals surface area contributed by atoms with E-state index in [1.165, 1.54) is 31.2 Å². The molecular weight excluding hydrogens is 266 g/mol. The van der Waals surface area contributed by atoms with E-state index in [1.54, 1.807) is 30.3 Å². The molecule has 0 aromatic heterocycles. The molecule has 19 heavy (non-hydrogen) atoms. The zero-order chi connectivity index (χ0) is 13.9. The van der Waals surface area contributed by atoms with Gasteiger partial charge >= 0.3 is 5.25 Å². The van der Waals surface area contributed by atoms with Gasteiger partial charge in [0, 0.05) is 16.0 Å². The van der Waals surface area contributed by atoms with Crippen molar-refractivity contribution in [2.75, 3.05) is 0 Å². The highest BCUT2D eigenvalue weighted by Crippen LogP contribution is 2.44. The quantitative estimate of drug-likeness (QED) is 0.594. The van der Waals surface area contributed by atoms with Crippen molar-refractivity contribution in [2.45, 2.75) is 17.1 Å². The number of hydrogen-bond donors (Lipinski definition) is 0. The standard InChI is InChI=1S/C15H12F2OS/c1-11(18)12-7-9-13(10-8-12)15(16,17)19-14-5-3-2-4-6-14/h2-10H,1H3. The van der Waals surface area contributed by atoms with Gasteiger partial charge in [0.15, 0.2) is 5.78 Å². The Bertz CT molecular complexity index is 564. The summed E-state index contributed by atoms with van der Waals surface area (Å²) in [4.78, 5) is 11.6. The first kappa shape index (κ1) is 13.7. The van der Waals surface area contributed by atoms with Gasteiger partial charge in [-0.05, 0) is 30.8 Å². The van der Waals surface area contributed by atoms with E-state index in [0.29, 0.717) is 22.2 Å². The third-order valence-corrected chi connectivity index (χ3v) is 3.62. The minimum absolute atomic E-state index is 0.105. The number of hydrogen-bond acceptors (Lipinski definition) is 2. The van der Waals surface area contributed by atoms with Crippen molar-refractivity contribution in [1.29, 1.82) is 0 Å². The van der Waals surface area contributed by atoms with E-state index in [2.05, 4.69) is 0 Å². The van der Waals surface area contributed by atoms with E-state index in [4.69, 9.17) is 0 Å². The Hall–Kier alpha value is -1.68. The molecule has 0 heterocycles. The second-order valence-electron chi connectivity index (χ2n) is 4.07. The van der Waals surface area contributed by atoms with Gasteiger partial charge in [-0.2, -0.15) is 8.78 Å². The Labute approximate surface area is 114 Å². The topological polar surface area (TPSA) is 17.1 Å².